The Morgan fingerprint density at radius 3 is 2.24 bits per heavy atom. The van der Waals surface area contributed by atoms with Gasteiger partial charge in [-0.05, 0) is 42.8 Å². The Balaban J connectivity index is 0.000000276. The summed E-state index contributed by atoms with van der Waals surface area (Å²) in [7, 11) is 2.77. The minimum Gasteiger partial charge on any atom is -0.497 e. The van der Waals surface area contributed by atoms with E-state index in [-0.39, 0.29) is 60.0 Å². The summed E-state index contributed by atoms with van der Waals surface area (Å²) in [6.07, 6.45) is 0.173. The number of pyridine rings is 1. The number of anilines is 2. The molecule has 240 valence electrons. The third kappa shape index (κ3) is 7.62. The second-order valence-corrected chi connectivity index (χ2v) is 10.5. The molecule has 0 saturated carbocycles. The van der Waals surface area contributed by atoms with E-state index in [1.165, 1.54) is 49.4 Å². The van der Waals surface area contributed by atoms with E-state index in [9.17, 15) is 40.9 Å². The molecular weight excluding hydrogens is 627 g/mol. The number of aromatic nitrogens is 1. The summed E-state index contributed by atoms with van der Waals surface area (Å²) >= 11 is 0.438. The fourth-order valence-electron chi connectivity index (χ4n) is 4.85. The van der Waals surface area contributed by atoms with Crippen LogP contribution in [-0.2, 0) is 9.59 Å². The van der Waals surface area contributed by atoms with E-state index >= 15 is 0 Å². The van der Waals surface area contributed by atoms with Crippen LogP contribution in [0.4, 0.5) is 33.6 Å². The number of ether oxygens (including phenoxy) is 2. The molecule has 2 aromatic carbocycles. The summed E-state index contributed by atoms with van der Waals surface area (Å²) in [6, 6.07) is 9.90. The molecule has 2 atom stereocenters. The zero-order valence-corrected chi connectivity index (χ0v) is 24.6. The van der Waals surface area contributed by atoms with Crippen LogP contribution in [-0.4, -0.2) is 66.4 Å². The van der Waals surface area contributed by atoms with Crippen LogP contribution in [0.3, 0.4) is 0 Å². The van der Waals surface area contributed by atoms with Crippen LogP contribution in [0, 0.1) is 17.5 Å². The molecular formula is C29H27F5N4O6S. The highest BCUT2D eigenvalue weighted by atomic mass is 32.2. The van der Waals surface area contributed by atoms with E-state index in [1.54, 1.807) is 0 Å². The summed E-state index contributed by atoms with van der Waals surface area (Å²) in [5, 5.41) is 1.78. The van der Waals surface area contributed by atoms with Gasteiger partial charge in [0.2, 0.25) is 11.8 Å². The lowest BCUT2D eigenvalue weighted by molar-refractivity contribution is -0.117. The molecule has 2 unspecified atom stereocenters. The minimum atomic E-state index is -2.85. The third-order valence-corrected chi connectivity index (χ3v) is 7.71. The second kappa shape index (κ2) is 14.6. The number of amides is 3. The predicted molar refractivity (Wildman–Crippen MR) is 154 cm³/mol. The fourth-order valence-corrected chi connectivity index (χ4v) is 5.27. The highest BCUT2D eigenvalue weighted by Crippen LogP contribution is 2.37. The molecule has 0 spiro atoms. The molecule has 45 heavy (non-hydrogen) atoms. The van der Waals surface area contributed by atoms with Gasteiger partial charge in [-0.2, -0.15) is 8.78 Å². The van der Waals surface area contributed by atoms with Crippen LogP contribution in [0.1, 0.15) is 34.7 Å². The molecule has 0 bridgehead atoms. The van der Waals surface area contributed by atoms with E-state index < -0.39 is 41.1 Å². The molecule has 3 amide bonds. The van der Waals surface area contributed by atoms with Crippen LogP contribution >= 0.6 is 12.0 Å². The van der Waals surface area contributed by atoms with E-state index in [0.29, 0.717) is 24.0 Å². The van der Waals surface area contributed by atoms with E-state index in [4.69, 9.17) is 4.74 Å². The quantitative estimate of drug-likeness (QED) is 0.258. The van der Waals surface area contributed by atoms with Crippen molar-refractivity contribution in [1.82, 2.24) is 10.3 Å². The largest absolute Gasteiger partial charge is 0.497 e. The normalized spacial score (nSPS) is 17.8. The predicted octanol–water partition coefficient (Wildman–Crippen LogP) is 4.99. The van der Waals surface area contributed by atoms with Gasteiger partial charge in [0.15, 0.2) is 11.6 Å². The molecule has 2 aliphatic heterocycles. The first-order chi connectivity index (χ1) is 21.5. The first-order valence-electron chi connectivity index (χ1n) is 13.4. The number of methoxy groups -OCH3 is 1. The fraction of sp³-hybridized carbons (Fsp3) is 0.310. The third-order valence-electron chi connectivity index (χ3n) is 7.02. The summed E-state index contributed by atoms with van der Waals surface area (Å²) < 4.78 is 85.1. The average Bonchev–Trinajstić information content (AvgIpc) is 3.58. The van der Waals surface area contributed by atoms with Crippen molar-refractivity contribution >= 4 is 41.4 Å². The summed E-state index contributed by atoms with van der Waals surface area (Å²) in [5.41, 5.74) is 0.125. The summed E-state index contributed by atoms with van der Waals surface area (Å²) in [5.74, 6) is -4.66. The minimum absolute atomic E-state index is 0.00923. The maximum Gasteiger partial charge on any atom is 0.387 e. The molecule has 2 fully saturated rings. The van der Waals surface area contributed by atoms with Gasteiger partial charge in [-0.3, -0.25) is 24.2 Å². The number of rotatable bonds is 8. The Bertz CT molecular complexity index is 1540. The molecule has 10 nitrogen and oxygen atoms in total. The Kier molecular flexibility index (Phi) is 10.8. The molecule has 1 aromatic heterocycles. The summed E-state index contributed by atoms with van der Waals surface area (Å²) in [6.45, 7) is -2.73. The number of nitrogens with zero attached hydrogens (tertiary/aromatic N) is 3. The number of hydrogen-bond donors (Lipinski definition) is 2. The number of carbonyl (C=O) groups excluding carboxylic acids is 3. The lowest BCUT2D eigenvalue weighted by Gasteiger charge is -2.21. The second-order valence-electron chi connectivity index (χ2n) is 9.74. The van der Waals surface area contributed by atoms with E-state index in [0.717, 1.165) is 23.1 Å². The maximum absolute atomic E-state index is 14.5. The number of carbonyl (C=O) groups is 3. The molecule has 3 aromatic rings. The van der Waals surface area contributed by atoms with Crippen LogP contribution < -0.4 is 24.6 Å². The summed E-state index contributed by atoms with van der Waals surface area (Å²) in [4.78, 5) is 42.4. The SMILES string of the molecule is CNC(=O)c1ccc(OC(F)F)cc1.COc1cc(F)c(C2CC(=O)N(c3nc(N4CCC(SO)C4=O)ccc3F)C2)c(F)c1. The van der Waals surface area contributed by atoms with Crippen LogP contribution in [0.2, 0.25) is 0 Å². The zero-order valence-electron chi connectivity index (χ0n) is 23.8. The molecule has 16 heteroatoms. The van der Waals surface area contributed by atoms with Gasteiger partial charge in [0.05, 0.1) is 7.11 Å². The monoisotopic (exact) mass is 654 g/mol. The first kappa shape index (κ1) is 33.5. The van der Waals surface area contributed by atoms with Crippen molar-refractivity contribution in [2.45, 2.75) is 30.6 Å². The molecule has 2 aliphatic rings. The van der Waals surface area contributed by atoms with Crippen molar-refractivity contribution in [3.05, 3.63) is 77.1 Å². The van der Waals surface area contributed by atoms with Gasteiger partial charge in [-0.1, -0.05) is 0 Å². The molecule has 5 rings (SSSR count). The Morgan fingerprint density at radius 1 is 1.02 bits per heavy atom. The number of hydrogen-bond acceptors (Lipinski definition) is 8. The van der Waals surface area contributed by atoms with E-state index in [1.807, 2.05) is 0 Å². The Morgan fingerprint density at radius 2 is 1.69 bits per heavy atom. The van der Waals surface area contributed by atoms with E-state index in [2.05, 4.69) is 15.0 Å². The van der Waals surface area contributed by atoms with Crippen molar-refractivity contribution in [2.24, 2.45) is 0 Å². The van der Waals surface area contributed by atoms with Crippen molar-refractivity contribution in [2.75, 3.05) is 37.0 Å². The molecule has 2 N–H and O–H groups in total. The van der Waals surface area contributed by atoms with Crippen molar-refractivity contribution in [1.29, 1.82) is 0 Å². The van der Waals surface area contributed by atoms with Crippen LogP contribution in [0.15, 0.2) is 48.5 Å². The van der Waals surface area contributed by atoms with Gasteiger partial charge in [0, 0.05) is 67.8 Å². The Labute approximate surface area is 258 Å². The number of benzene rings is 2. The number of halogens is 5. The number of nitrogens with one attached hydrogen (secondary N) is 1. The topological polar surface area (TPSA) is 121 Å². The van der Waals surface area contributed by atoms with Crippen molar-refractivity contribution in [3.8, 4) is 11.5 Å². The molecule has 2 saturated heterocycles. The van der Waals surface area contributed by atoms with Gasteiger partial charge in [0.25, 0.3) is 5.91 Å². The van der Waals surface area contributed by atoms with Crippen LogP contribution in [0.5, 0.6) is 11.5 Å². The standard InChI is InChI=1S/C20H18F3N3O4S.C9H9F2NO2/c1-30-11-7-13(22)18(14(23)8-11)10-6-17(27)26(9-10)19-12(21)2-3-16(24-19)25-5-4-15(31-29)20(25)28;1-12-8(13)6-2-4-7(5-3-6)14-9(10)11/h2-3,7-8,10,15,29H,4-6,9H2,1H3;2-5,9H,1H3,(H,12,13). The van der Waals surface area contributed by atoms with Gasteiger partial charge >= 0.3 is 6.61 Å². The lowest BCUT2D eigenvalue weighted by Crippen LogP contribution is -2.31. The first-order valence-corrected chi connectivity index (χ1v) is 14.2. The van der Waals surface area contributed by atoms with Gasteiger partial charge in [0.1, 0.15) is 34.2 Å². The number of alkyl halides is 2. The average molecular weight is 655 g/mol. The lowest BCUT2D eigenvalue weighted by atomic mass is 9.97. The molecule has 3 heterocycles. The van der Waals surface area contributed by atoms with Gasteiger partial charge in [-0.15, -0.1) is 0 Å². The highest BCUT2D eigenvalue weighted by molar-refractivity contribution is 7.95. The molecule has 0 aliphatic carbocycles. The zero-order chi connectivity index (χ0) is 32.8. The Hall–Kier alpha value is -4.44. The van der Waals surface area contributed by atoms with Crippen molar-refractivity contribution in [3.63, 3.8) is 0 Å². The maximum atomic E-state index is 14.5. The van der Waals surface area contributed by atoms with Crippen LogP contribution in [0.25, 0.3) is 0 Å². The van der Waals surface area contributed by atoms with Gasteiger partial charge < -0.3 is 19.3 Å². The van der Waals surface area contributed by atoms with Crippen molar-refractivity contribution < 1.29 is 50.4 Å². The highest BCUT2D eigenvalue weighted by Gasteiger charge is 2.38. The van der Waals surface area contributed by atoms with Gasteiger partial charge in [-0.25, -0.2) is 18.2 Å². The smallest absolute Gasteiger partial charge is 0.387 e. The molecule has 0 radical (unpaired) electrons.